The lowest BCUT2D eigenvalue weighted by Gasteiger charge is -2.32. The van der Waals surface area contributed by atoms with Gasteiger partial charge >= 0.3 is 12.0 Å². The third-order valence-electron chi connectivity index (χ3n) is 3.11. The summed E-state index contributed by atoms with van der Waals surface area (Å²) in [4.78, 5) is 24.2. The quantitative estimate of drug-likeness (QED) is 0.743. The van der Waals surface area contributed by atoms with Crippen LogP contribution in [0.25, 0.3) is 0 Å². The highest BCUT2D eigenvalue weighted by molar-refractivity contribution is 7.99. The average molecular weight is 304 g/mol. The molecule has 0 bridgehead atoms. The van der Waals surface area contributed by atoms with Crippen molar-refractivity contribution in [2.24, 2.45) is 0 Å². The minimum Gasteiger partial charge on any atom is -0.480 e. The number of nitrogens with one attached hydrogen (secondary N) is 1. The van der Waals surface area contributed by atoms with Crippen LogP contribution in [0.4, 0.5) is 4.79 Å². The highest BCUT2D eigenvalue weighted by Gasteiger charge is 2.24. The summed E-state index contributed by atoms with van der Waals surface area (Å²) in [6.45, 7) is 5.07. The molecular weight excluding hydrogens is 280 g/mol. The Kier molecular flexibility index (Phi) is 7.76. The number of carboxylic acids is 1. The molecule has 0 spiro atoms. The van der Waals surface area contributed by atoms with Crippen LogP contribution in [-0.2, 0) is 9.53 Å². The molecule has 1 heterocycles. The lowest BCUT2D eigenvalue weighted by Crippen LogP contribution is -2.49. The maximum atomic E-state index is 12.0. The van der Waals surface area contributed by atoms with Crippen LogP contribution in [0.2, 0.25) is 0 Å². The molecule has 1 atom stereocenters. The van der Waals surface area contributed by atoms with Gasteiger partial charge in [-0.05, 0) is 25.5 Å². The molecule has 0 aromatic carbocycles. The molecule has 6 nitrogen and oxygen atoms in total. The van der Waals surface area contributed by atoms with Crippen LogP contribution >= 0.6 is 11.8 Å². The lowest BCUT2D eigenvalue weighted by molar-refractivity contribution is -0.145. The van der Waals surface area contributed by atoms with Crippen molar-refractivity contribution in [2.75, 3.05) is 31.2 Å². The maximum Gasteiger partial charge on any atom is 0.329 e. The number of hydrogen-bond acceptors (Lipinski definition) is 4. The van der Waals surface area contributed by atoms with E-state index in [0.29, 0.717) is 25.9 Å². The Morgan fingerprint density at radius 2 is 2.10 bits per heavy atom. The summed E-state index contributed by atoms with van der Waals surface area (Å²) in [5.41, 5.74) is 0. The van der Waals surface area contributed by atoms with Gasteiger partial charge in [0.25, 0.3) is 0 Å². The number of nitrogens with zero attached hydrogens (tertiary/aromatic N) is 1. The molecule has 7 heteroatoms. The summed E-state index contributed by atoms with van der Waals surface area (Å²) in [6.07, 6.45) is 1.33. The fourth-order valence-corrected chi connectivity index (χ4v) is 2.73. The van der Waals surface area contributed by atoms with Crippen molar-refractivity contribution in [1.29, 1.82) is 0 Å². The largest absolute Gasteiger partial charge is 0.480 e. The molecule has 0 aromatic heterocycles. The van der Waals surface area contributed by atoms with Gasteiger partial charge in [-0.15, -0.1) is 0 Å². The number of rotatable bonds is 7. The first-order valence-corrected chi connectivity index (χ1v) is 8.15. The Hall–Kier alpha value is -0.950. The molecule has 2 N–H and O–H groups in total. The minimum absolute atomic E-state index is 0.0362. The van der Waals surface area contributed by atoms with Gasteiger partial charge in [-0.25, -0.2) is 9.59 Å². The Morgan fingerprint density at radius 1 is 1.45 bits per heavy atom. The van der Waals surface area contributed by atoms with Crippen molar-refractivity contribution in [3.8, 4) is 0 Å². The summed E-state index contributed by atoms with van der Waals surface area (Å²) < 4.78 is 5.25. The predicted molar refractivity (Wildman–Crippen MR) is 79.2 cm³/mol. The predicted octanol–water partition coefficient (Wildman–Crippen LogP) is 1.40. The first kappa shape index (κ1) is 17.1. The average Bonchev–Trinajstić information content (AvgIpc) is 2.43. The van der Waals surface area contributed by atoms with Crippen molar-refractivity contribution >= 4 is 23.8 Å². The molecule has 2 amide bonds. The maximum absolute atomic E-state index is 12.0. The molecule has 0 radical (unpaired) electrons. The number of aliphatic carboxylic acids is 1. The molecule has 1 aliphatic rings. The highest BCUT2D eigenvalue weighted by atomic mass is 32.2. The van der Waals surface area contributed by atoms with Gasteiger partial charge in [-0.3, -0.25) is 0 Å². The normalized spacial score (nSPS) is 17.8. The molecule has 1 unspecified atom stereocenters. The molecule has 0 aromatic rings. The summed E-state index contributed by atoms with van der Waals surface area (Å²) in [5.74, 6) is 1.01. The van der Waals surface area contributed by atoms with E-state index in [-0.39, 0.29) is 24.8 Å². The van der Waals surface area contributed by atoms with Crippen LogP contribution in [0.5, 0.6) is 0 Å². The van der Waals surface area contributed by atoms with E-state index in [4.69, 9.17) is 9.84 Å². The van der Waals surface area contributed by atoms with Crippen LogP contribution in [0, 0.1) is 0 Å². The second-order valence-corrected chi connectivity index (χ2v) is 6.22. The molecule has 116 valence electrons. The number of ether oxygens (including phenoxy) is 1. The van der Waals surface area contributed by atoms with Gasteiger partial charge < -0.3 is 20.1 Å². The van der Waals surface area contributed by atoms with Gasteiger partial charge in [-0.1, -0.05) is 6.92 Å². The first-order chi connectivity index (χ1) is 9.52. The van der Waals surface area contributed by atoms with E-state index in [1.165, 1.54) is 0 Å². The Labute approximate surface area is 124 Å². The van der Waals surface area contributed by atoms with Crippen molar-refractivity contribution in [3.63, 3.8) is 0 Å². The van der Waals surface area contributed by atoms with E-state index in [1.54, 1.807) is 16.7 Å². The van der Waals surface area contributed by atoms with E-state index >= 15 is 0 Å². The van der Waals surface area contributed by atoms with E-state index in [0.717, 1.165) is 11.5 Å². The Morgan fingerprint density at radius 3 is 2.65 bits per heavy atom. The lowest BCUT2D eigenvalue weighted by atomic mass is 10.1. The molecule has 1 rings (SSSR count). The number of likely N-dealkylation sites (tertiary alicyclic amines) is 1. The second-order valence-electron chi connectivity index (χ2n) is 4.90. The fourth-order valence-electron chi connectivity index (χ4n) is 2.05. The second kappa shape index (κ2) is 9.07. The number of hydrogen-bond donors (Lipinski definition) is 2. The zero-order chi connectivity index (χ0) is 15.0. The zero-order valence-electron chi connectivity index (χ0n) is 12.1. The van der Waals surface area contributed by atoms with Gasteiger partial charge in [0.15, 0.2) is 0 Å². The van der Waals surface area contributed by atoms with Crippen LogP contribution in [0.3, 0.4) is 0 Å². The summed E-state index contributed by atoms with van der Waals surface area (Å²) in [5, 5.41) is 11.5. The van der Waals surface area contributed by atoms with Crippen LogP contribution in [0.1, 0.15) is 26.7 Å². The van der Waals surface area contributed by atoms with Crippen molar-refractivity contribution in [2.45, 2.75) is 38.8 Å². The van der Waals surface area contributed by atoms with Crippen LogP contribution in [0.15, 0.2) is 0 Å². The number of amides is 2. The number of carbonyl (C=O) groups is 2. The zero-order valence-corrected chi connectivity index (χ0v) is 12.9. The third kappa shape index (κ3) is 6.47. The SMILES string of the molecule is CCSCC(C)NC(=O)N1CCC(OCC(=O)O)CC1. The van der Waals surface area contributed by atoms with Crippen LogP contribution < -0.4 is 5.32 Å². The molecular formula is C13H24N2O4S. The third-order valence-corrected chi connectivity index (χ3v) is 4.26. The summed E-state index contributed by atoms with van der Waals surface area (Å²) in [7, 11) is 0. The van der Waals surface area contributed by atoms with Gasteiger partial charge in [-0.2, -0.15) is 11.8 Å². The van der Waals surface area contributed by atoms with E-state index in [2.05, 4.69) is 12.2 Å². The topological polar surface area (TPSA) is 78.9 Å². The van der Waals surface area contributed by atoms with Gasteiger partial charge in [0.1, 0.15) is 6.61 Å². The molecule has 1 saturated heterocycles. The molecule has 0 aliphatic carbocycles. The van der Waals surface area contributed by atoms with Crippen molar-refractivity contribution in [3.05, 3.63) is 0 Å². The number of carboxylic acid groups (broad SMARTS) is 1. The van der Waals surface area contributed by atoms with Crippen LogP contribution in [-0.4, -0.2) is 65.4 Å². The van der Waals surface area contributed by atoms with E-state index < -0.39 is 5.97 Å². The van der Waals surface area contributed by atoms with Crippen molar-refractivity contribution < 1.29 is 19.4 Å². The minimum atomic E-state index is -0.951. The molecule has 20 heavy (non-hydrogen) atoms. The van der Waals surface area contributed by atoms with E-state index in [9.17, 15) is 9.59 Å². The molecule has 0 saturated carbocycles. The van der Waals surface area contributed by atoms with Crippen molar-refractivity contribution in [1.82, 2.24) is 10.2 Å². The highest BCUT2D eigenvalue weighted by Crippen LogP contribution is 2.14. The van der Waals surface area contributed by atoms with Gasteiger partial charge in [0.05, 0.1) is 6.10 Å². The number of urea groups is 1. The summed E-state index contributed by atoms with van der Waals surface area (Å²) >= 11 is 1.81. The smallest absolute Gasteiger partial charge is 0.329 e. The standard InChI is InChI=1S/C13H24N2O4S/c1-3-20-9-10(2)14-13(18)15-6-4-11(5-7-15)19-8-12(16)17/h10-11H,3-9H2,1-2H3,(H,14,18)(H,16,17). The monoisotopic (exact) mass is 304 g/mol. The fraction of sp³-hybridized carbons (Fsp3) is 0.846. The number of carbonyl (C=O) groups excluding carboxylic acids is 1. The summed E-state index contributed by atoms with van der Waals surface area (Å²) in [6, 6.07) is 0.124. The van der Waals surface area contributed by atoms with Gasteiger partial charge in [0, 0.05) is 24.9 Å². The molecule has 1 aliphatic heterocycles. The Balaban J connectivity index is 2.23. The van der Waals surface area contributed by atoms with E-state index in [1.807, 2.05) is 6.92 Å². The Bertz CT molecular complexity index is 319. The van der Waals surface area contributed by atoms with Gasteiger partial charge in [0.2, 0.25) is 0 Å². The number of piperidine rings is 1. The first-order valence-electron chi connectivity index (χ1n) is 6.99. The number of thioether (sulfide) groups is 1. The molecule has 1 fully saturated rings.